The van der Waals surface area contributed by atoms with Crippen molar-refractivity contribution in [2.24, 2.45) is 45.8 Å². The lowest BCUT2D eigenvalue weighted by Crippen LogP contribution is -2.56. The van der Waals surface area contributed by atoms with Crippen LogP contribution in [0.4, 0.5) is 5.82 Å². The van der Waals surface area contributed by atoms with Gasteiger partial charge in [0.2, 0.25) is 11.8 Å². The average molecular weight is 1140 g/mol. The molecule has 5 aliphatic rings. The normalized spacial score (nSPS) is 32.3. The number of anilines is 1. The summed E-state index contributed by atoms with van der Waals surface area (Å²) in [6.07, 6.45) is 1.73. The fourth-order valence-electron chi connectivity index (χ4n) is 12.4. The van der Waals surface area contributed by atoms with E-state index < -0.39 is 90.7 Å². The van der Waals surface area contributed by atoms with Crippen LogP contribution < -0.4 is 16.4 Å². The van der Waals surface area contributed by atoms with Crippen LogP contribution in [0, 0.1) is 45.8 Å². The monoisotopic (exact) mass is 1140 g/mol. The van der Waals surface area contributed by atoms with Crippen LogP contribution in [0.5, 0.6) is 0 Å². The molecular weight excluding hydrogens is 1070 g/mol. The lowest BCUT2D eigenvalue weighted by Gasteiger charge is -2.60. The number of ketones is 1. The topological polar surface area (TPSA) is 401 Å². The van der Waals surface area contributed by atoms with E-state index in [1.54, 1.807) is 0 Å². The molecule has 3 heterocycles. The summed E-state index contributed by atoms with van der Waals surface area (Å²) in [5.41, 5.74) is 5.27. The van der Waals surface area contributed by atoms with Gasteiger partial charge in [0, 0.05) is 43.5 Å². The van der Waals surface area contributed by atoms with E-state index in [0.29, 0.717) is 42.8 Å². The number of amides is 2. The lowest BCUT2D eigenvalue weighted by molar-refractivity contribution is -0.141. The number of hydrogen-bond donors (Lipinski definition) is 10. The van der Waals surface area contributed by atoms with Crippen molar-refractivity contribution in [3.8, 4) is 0 Å². The highest BCUT2D eigenvalue weighted by molar-refractivity contribution is 8.13. The van der Waals surface area contributed by atoms with Crippen LogP contribution in [0.2, 0.25) is 0 Å². The van der Waals surface area contributed by atoms with Crippen LogP contribution in [0.3, 0.4) is 0 Å². The molecule has 2 aromatic heterocycles. The van der Waals surface area contributed by atoms with E-state index in [1.807, 2.05) is 6.08 Å². The number of rotatable bonds is 23. The van der Waals surface area contributed by atoms with Crippen molar-refractivity contribution < 1.29 is 90.4 Å². The molecule has 420 valence electrons. The van der Waals surface area contributed by atoms with Gasteiger partial charge in [-0.1, -0.05) is 52.0 Å². The number of fused-ring (bicyclic) bond motifs is 6. The Bertz CT molecular complexity index is 2640. The number of allylic oxidation sites excluding steroid dienone is 1. The number of carbonyl (C=O) groups excluding carboxylic acids is 4. The molecule has 75 heavy (non-hydrogen) atoms. The molecule has 2 aromatic rings. The molecule has 4 fully saturated rings. The Hall–Kier alpha value is -3.07. The molecule has 2 unspecified atom stereocenters. The molecule has 1 saturated heterocycles. The SMILES string of the molecule is C[C@H](CCC(=O)SCCNC(=O)CCNC(=O)[C@H](O)C(C)(C)COP(=O)(O)OP(=O)(O)OC[C@H]1O[C@@H](n2cnc3c(N)ncnc32)[C@H](O)[C@@H]1OP(=O)(O)O)[C@H]1CC[C@H]2[C@@H]3CCC4=CC(=O)CC[C@]4(C)[C@H]3C[C@H](O)[C@]12C. The Morgan fingerprint density at radius 2 is 1.71 bits per heavy atom. The average Bonchev–Trinajstić information content (AvgIpc) is 4.01. The summed E-state index contributed by atoms with van der Waals surface area (Å²) >= 11 is 1.12. The molecule has 30 heteroatoms. The molecular formula is C45H70N7O19P3S. The number of nitrogens with one attached hydrogen (secondary N) is 2. The van der Waals surface area contributed by atoms with Gasteiger partial charge < -0.3 is 56.0 Å². The molecule has 0 spiro atoms. The van der Waals surface area contributed by atoms with E-state index in [4.69, 9.17) is 19.5 Å². The first-order chi connectivity index (χ1) is 35.0. The molecule has 0 radical (unpaired) electrons. The fraction of sp³-hybridized carbons (Fsp3) is 0.756. The van der Waals surface area contributed by atoms with Gasteiger partial charge in [0.1, 0.15) is 36.3 Å². The molecule has 7 rings (SSSR count). The zero-order chi connectivity index (χ0) is 55.1. The number of nitrogens with zero attached hydrogens (tertiary/aromatic N) is 4. The first kappa shape index (κ1) is 59.6. The van der Waals surface area contributed by atoms with Crippen LogP contribution in [0.15, 0.2) is 24.3 Å². The Labute approximate surface area is 437 Å². The first-order valence-corrected chi connectivity index (χ1v) is 30.4. The third-order valence-electron chi connectivity index (χ3n) is 16.4. The quantitative estimate of drug-likeness (QED) is 0.0564. The second kappa shape index (κ2) is 23.3. The smallest absolute Gasteiger partial charge is 0.393 e. The van der Waals surface area contributed by atoms with E-state index in [1.165, 1.54) is 19.4 Å². The predicted octanol–water partition coefficient (Wildman–Crippen LogP) is 3.20. The van der Waals surface area contributed by atoms with Crippen LogP contribution in [0.1, 0.15) is 105 Å². The second-order valence-corrected chi connectivity index (χ2v) is 27.0. The summed E-state index contributed by atoms with van der Waals surface area (Å²) in [6, 6.07) is 0. The van der Waals surface area contributed by atoms with E-state index >= 15 is 0 Å². The molecule has 11 N–H and O–H groups in total. The number of ether oxygens (including phenoxy) is 1. The number of aliphatic hydroxyl groups excluding tert-OH is 3. The van der Waals surface area contributed by atoms with Gasteiger partial charge in [-0.25, -0.2) is 28.6 Å². The van der Waals surface area contributed by atoms with Gasteiger partial charge in [0.15, 0.2) is 28.6 Å². The Morgan fingerprint density at radius 3 is 2.43 bits per heavy atom. The van der Waals surface area contributed by atoms with Gasteiger partial charge in [0.25, 0.3) is 0 Å². The fourth-order valence-corrected chi connectivity index (χ4v) is 15.9. The number of nitrogens with two attached hydrogens (primary N) is 1. The van der Waals surface area contributed by atoms with Gasteiger partial charge in [-0.2, -0.15) is 4.31 Å². The maximum absolute atomic E-state index is 13.0. The third-order valence-corrected chi connectivity index (χ3v) is 20.4. The summed E-state index contributed by atoms with van der Waals surface area (Å²) in [4.78, 5) is 102. The van der Waals surface area contributed by atoms with Crippen LogP contribution >= 0.6 is 35.2 Å². The highest BCUT2D eigenvalue weighted by Gasteiger charge is 2.63. The summed E-state index contributed by atoms with van der Waals surface area (Å²) in [5, 5.41) is 38.6. The second-order valence-electron chi connectivity index (χ2n) is 21.6. The minimum Gasteiger partial charge on any atom is -0.393 e. The molecule has 4 aliphatic carbocycles. The number of hydrogen-bond acceptors (Lipinski definition) is 20. The molecule has 2 amide bonds. The minimum absolute atomic E-state index is 0.00311. The highest BCUT2D eigenvalue weighted by atomic mass is 32.2. The number of thioether (sulfide) groups is 1. The number of imidazole rings is 1. The van der Waals surface area contributed by atoms with E-state index in [0.717, 1.165) is 67.5 Å². The largest absolute Gasteiger partial charge is 0.481 e. The number of aliphatic hydroxyl groups is 3. The van der Waals surface area contributed by atoms with Gasteiger partial charge in [-0.3, -0.25) is 37.3 Å². The summed E-state index contributed by atoms with van der Waals surface area (Å²) in [6.45, 7) is 7.20. The summed E-state index contributed by atoms with van der Waals surface area (Å²) < 4.78 is 62.7. The van der Waals surface area contributed by atoms with Crippen molar-refractivity contribution >= 4 is 74.9 Å². The van der Waals surface area contributed by atoms with Crippen molar-refractivity contribution in [1.29, 1.82) is 0 Å². The molecule has 0 aromatic carbocycles. The Balaban J connectivity index is 0.782. The van der Waals surface area contributed by atoms with Gasteiger partial charge in [-0.05, 0) is 91.4 Å². The number of nitrogen functional groups attached to an aromatic ring is 1. The van der Waals surface area contributed by atoms with Gasteiger partial charge in [-0.15, -0.1) is 0 Å². The Morgan fingerprint density at radius 1 is 0.987 bits per heavy atom. The molecule has 0 bridgehead atoms. The Kier molecular flexibility index (Phi) is 18.5. The number of aromatic nitrogens is 4. The standard InChI is InChI=1S/C45H70N7O19P3S/c1-24(28-9-10-29-27-8-7-25-18-26(53)12-14-44(25,4)30(27)19-32(54)45(28,29)5)6-11-34(56)75-17-16-47-33(55)13-15-48-41(59)38(58)43(2,3)21-68-74(65,66)71-73(63,64)67-20-31-37(70-72(60,61)62)36(57)42(69-31)52-23-51-35-39(46)49-22-50-40(35)52/h18,22-24,27-32,36-38,42,54,57-58H,6-17,19-21H2,1-5H3,(H,47,55)(H,48,59)(H,63,64)(H,65,66)(H2,46,49,50)(H2,60,61,62)/t24-,27+,28-,29+,30+,31-,32+,36-,37-,38+,42-,44+,45-/m1/s1. The van der Waals surface area contributed by atoms with Gasteiger partial charge >= 0.3 is 23.5 Å². The summed E-state index contributed by atoms with van der Waals surface area (Å²) in [7, 11) is -16.5. The molecule has 3 saturated carbocycles. The third kappa shape index (κ3) is 13.5. The van der Waals surface area contributed by atoms with Crippen LogP contribution in [-0.4, -0.2) is 140 Å². The maximum atomic E-state index is 13.0. The first-order valence-electron chi connectivity index (χ1n) is 24.9. The van der Waals surface area contributed by atoms with E-state index in [9.17, 15) is 67.8 Å². The zero-order valence-corrected chi connectivity index (χ0v) is 45.8. The van der Waals surface area contributed by atoms with E-state index in [2.05, 4.69) is 55.2 Å². The molecule has 26 nitrogen and oxygen atoms in total. The van der Waals surface area contributed by atoms with Crippen molar-refractivity contribution in [1.82, 2.24) is 30.2 Å². The predicted molar refractivity (Wildman–Crippen MR) is 267 cm³/mol. The number of carbonyl (C=O) groups is 4. The van der Waals surface area contributed by atoms with Crippen molar-refractivity contribution in [3.63, 3.8) is 0 Å². The van der Waals surface area contributed by atoms with Crippen LogP contribution in [-0.2, 0) is 55.5 Å². The van der Waals surface area contributed by atoms with E-state index in [-0.39, 0.29) is 70.1 Å². The summed E-state index contributed by atoms with van der Waals surface area (Å²) in [5.74, 6) is 0.870. The molecule has 15 atom stereocenters. The van der Waals surface area contributed by atoms with Gasteiger partial charge in [0.05, 0.1) is 25.6 Å². The van der Waals surface area contributed by atoms with Crippen molar-refractivity contribution in [2.45, 2.75) is 136 Å². The van der Waals surface area contributed by atoms with Crippen molar-refractivity contribution in [2.75, 3.05) is 37.8 Å². The number of phosphoric ester groups is 3. The number of phosphoric acid groups is 3. The lowest BCUT2D eigenvalue weighted by atomic mass is 9.45. The van der Waals surface area contributed by atoms with Crippen molar-refractivity contribution in [3.05, 3.63) is 24.3 Å². The van der Waals surface area contributed by atoms with Crippen LogP contribution in [0.25, 0.3) is 11.2 Å². The minimum atomic E-state index is -5.60. The maximum Gasteiger partial charge on any atom is 0.481 e. The molecule has 1 aliphatic heterocycles. The zero-order valence-electron chi connectivity index (χ0n) is 42.3. The highest BCUT2D eigenvalue weighted by Crippen LogP contribution is 2.68.